The van der Waals surface area contributed by atoms with Crippen molar-refractivity contribution in [2.24, 2.45) is 11.8 Å². The number of Topliss-reactive ketones (excluding diaryl/α,β-unsaturated/α-hetero) is 1. The summed E-state index contributed by atoms with van der Waals surface area (Å²) in [5, 5.41) is 0. The van der Waals surface area contributed by atoms with Crippen molar-refractivity contribution in [3.63, 3.8) is 0 Å². The molecule has 0 saturated heterocycles. The zero-order valence-electron chi connectivity index (χ0n) is 14.4. The summed E-state index contributed by atoms with van der Waals surface area (Å²) in [7, 11) is 1.44. The van der Waals surface area contributed by atoms with Crippen molar-refractivity contribution in [3.8, 4) is 0 Å². The Morgan fingerprint density at radius 3 is 2.64 bits per heavy atom. The van der Waals surface area contributed by atoms with Gasteiger partial charge in [0, 0.05) is 24.6 Å². The number of hydrogen-bond donors (Lipinski definition) is 0. The molecule has 0 fully saturated rings. The number of ketones is 1. The molecule has 0 aromatic rings. The molecule has 1 heterocycles. The van der Waals surface area contributed by atoms with Crippen LogP contribution in [0.3, 0.4) is 0 Å². The van der Waals surface area contributed by atoms with E-state index in [-0.39, 0.29) is 17.9 Å². The van der Waals surface area contributed by atoms with Gasteiger partial charge in [-0.3, -0.25) is 14.5 Å². The van der Waals surface area contributed by atoms with Crippen molar-refractivity contribution in [2.45, 2.75) is 58.9 Å². The molecule has 1 aliphatic carbocycles. The maximum absolute atomic E-state index is 12.5. The summed E-state index contributed by atoms with van der Waals surface area (Å²) in [4.78, 5) is 26.7. The summed E-state index contributed by atoms with van der Waals surface area (Å²) in [6.07, 6.45) is 4.95. The summed E-state index contributed by atoms with van der Waals surface area (Å²) in [6, 6.07) is -0.225. The van der Waals surface area contributed by atoms with Crippen molar-refractivity contribution >= 4 is 11.8 Å². The molecule has 0 radical (unpaired) electrons. The number of rotatable bonds is 7. The molecule has 0 aromatic carbocycles. The number of ether oxygens (including phenoxy) is 1. The normalized spacial score (nSPS) is 23.3. The van der Waals surface area contributed by atoms with Crippen molar-refractivity contribution < 1.29 is 14.3 Å². The van der Waals surface area contributed by atoms with Crippen molar-refractivity contribution in [1.82, 2.24) is 4.90 Å². The average Bonchev–Trinajstić information content (AvgIpc) is 3.01. The van der Waals surface area contributed by atoms with Crippen LogP contribution in [0.4, 0.5) is 0 Å². The molecule has 0 aromatic heterocycles. The molecular formula is C18H29NO3. The maximum atomic E-state index is 12.5. The van der Waals surface area contributed by atoms with Crippen LogP contribution in [0.1, 0.15) is 52.9 Å². The largest absolute Gasteiger partial charge is 0.468 e. The minimum Gasteiger partial charge on any atom is -0.468 e. The van der Waals surface area contributed by atoms with E-state index in [1.54, 1.807) is 0 Å². The lowest BCUT2D eigenvalue weighted by Gasteiger charge is -2.28. The fourth-order valence-electron chi connectivity index (χ4n) is 3.67. The molecule has 22 heavy (non-hydrogen) atoms. The first-order chi connectivity index (χ1) is 10.5. The Morgan fingerprint density at radius 1 is 1.36 bits per heavy atom. The third-order valence-corrected chi connectivity index (χ3v) is 4.86. The highest BCUT2D eigenvalue weighted by Crippen LogP contribution is 2.37. The maximum Gasteiger partial charge on any atom is 0.323 e. The van der Waals surface area contributed by atoms with Gasteiger partial charge in [0.15, 0.2) is 5.78 Å². The minimum atomic E-state index is -0.225. The van der Waals surface area contributed by atoms with Gasteiger partial charge in [0.25, 0.3) is 0 Å². The van der Waals surface area contributed by atoms with Gasteiger partial charge in [0.05, 0.1) is 7.11 Å². The van der Waals surface area contributed by atoms with E-state index in [0.29, 0.717) is 18.2 Å². The van der Waals surface area contributed by atoms with Gasteiger partial charge in [-0.15, -0.1) is 0 Å². The number of nitrogens with zero attached hydrogens (tertiary/aromatic N) is 1. The fraction of sp³-hybridized carbons (Fsp3) is 0.778. The van der Waals surface area contributed by atoms with Gasteiger partial charge in [-0.05, 0) is 30.8 Å². The van der Waals surface area contributed by atoms with E-state index >= 15 is 0 Å². The van der Waals surface area contributed by atoms with Gasteiger partial charge in [0.1, 0.15) is 6.04 Å². The summed E-state index contributed by atoms with van der Waals surface area (Å²) >= 11 is 0. The number of esters is 1. The monoisotopic (exact) mass is 307 g/mol. The number of carbonyl (C=O) groups excluding carboxylic acids is 2. The van der Waals surface area contributed by atoms with Crippen LogP contribution in [-0.4, -0.2) is 42.9 Å². The number of methoxy groups -OCH3 is 1. The lowest BCUT2D eigenvalue weighted by atomic mass is 9.95. The van der Waals surface area contributed by atoms with E-state index in [1.165, 1.54) is 12.7 Å². The molecule has 0 saturated carbocycles. The molecule has 1 aliphatic heterocycles. The van der Waals surface area contributed by atoms with Crippen LogP contribution in [0.25, 0.3) is 0 Å². The predicted octanol–water partition coefficient (Wildman–Crippen LogP) is 2.97. The SMILES string of the molecule is CCCCC1CC2=C(CN([C@@H](CC(C)C)C(=O)OC)C2)C1=O. The molecule has 2 atom stereocenters. The molecule has 0 spiro atoms. The lowest BCUT2D eigenvalue weighted by molar-refractivity contribution is -0.147. The number of likely N-dealkylation sites (tertiary alicyclic amines) is 1. The van der Waals surface area contributed by atoms with Gasteiger partial charge < -0.3 is 4.74 Å². The highest BCUT2D eigenvalue weighted by molar-refractivity contribution is 6.01. The van der Waals surface area contributed by atoms with Gasteiger partial charge in [-0.1, -0.05) is 33.6 Å². The van der Waals surface area contributed by atoms with Crippen LogP contribution < -0.4 is 0 Å². The van der Waals surface area contributed by atoms with Crippen LogP contribution in [0, 0.1) is 11.8 Å². The summed E-state index contributed by atoms with van der Waals surface area (Å²) in [5.74, 6) is 0.783. The second-order valence-corrected chi connectivity index (χ2v) is 7.06. The first kappa shape index (κ1) is 17.2. The molecule has 124 valence electrons. The highest BCUT2D eigenvalue weighted by atomic mass is 16.5. The highest BCUT2D eigenvalue weighted by Gasteiger charge is 2.41. The standard InChI is InChI=1S/C18H29NO3/c1-5-6-7-13-9-14-10-19(11-15(14)17(13)20)16(8-12(2)3)18(21)22-4/h12-13,16H,5-11H2,1-4H3/t13?,16-/m0/s1. The molecule has 0 bridgehead atoms. The second-order valence-electron chi connectivity index (χ2n) is 7.06. The van der Waals surface area contributed by atoms with Crippen LogP contribution >= 0.6 is 0 Å². The summed E-state index contributed by atoms with van der Waals surface area (Å²) in [6.45, 7) is 7.77. The third kappa shape index (κ3) is 3.60. The Hall–Kier alpha value is -1.16. The van der Waals surface area contributed by atoms with Gasteiger partial charge in [-0.25, -0.2) is 0 Å². The fourth-order valence-corrected chi connectivity index (χ4v) is 3.67. The molecule has 1 unspecified atom stereocenters. The van der Waals surface area contributed by atoms with Crippen LogP contribution in [-0.2, 0) is 14.3 Å². The Morgan fingerprint density at radius 2 is 2.09 bits per heavy atom. The first-order valence-corrected chi connectivity index (χ1v) is 8.54. The Bertz CT molecular complexity index is 467. The quantitative estimate of drug-likeness (QED) is 0.678. The van der Waals surface area contributed by atoms with Crippen LogP contribution in [0.15, 0.2) is 11.1 Å². The van der Waals surface area contributed by atoms with Gasteiger partial charge >= 0.3 is 5.97 Å². The molecule has 0 N–H and O–H groups in total. The molecular weight excluding hydrogens is 278 g/mol. The number of hydrogen-bond acceptors (Lipinski definition) is 4. The minimum absolute atomic E-state index is 0.176. The van der Waals surface area contributed by atoms with Crippen LogP contribution in [0.5, 0.6) is 0 Å². The van der Waals surface area contributed by atoms with Crippen molar-refractivity contribution in [3.05, 3.63) is 11.1 Å². The molecule has 4 nitrogen and oxygen atoms in total. The Balaban J connectivity index is 2.00. The zero-order chi connectivity index (χ0) is 16.3. The van der Waals surface area contributed by atoms with E-state index in [2.05, 4.69) is 25.7 Å². The topological polar surface area (TPSA) is 46.6 Å². The predicted molar refractivity (Wildman–Crippen MR) is 86.5 cm³/mol. The van der Waals surface area contributed by atoms with Crippen LogP contribution in [0.2, 0.25) is 0 Å². The first-order valence-electron chi connectivity index (χ1n) is 8.54. The van der Waals surface area contributed by atoms with E-state index in [4.69, 9.17) is 4.74 Å². The number of unbranched alkanes of at least 4 members (excludes halogenated alkanes) is 1. The lowest BCUT2D eigenvalue weighted by Crippen LogP contribution is -2.42. The van der Waals surface area contributed by atoms with Crippen molar-refractivity contribution in [1.29, 1.82) is 0 Å². The Labute approximate surface area is 133 Å². The van der Waals surface area contributed by atoms with E-state index in [1.807, 2.05) is 0 Å². The Kier molecular flexibility index (Phi) is 5.79. The zero-order valence-corrected chi connectivity index (χ0v) is 14.4. The molecule has 2 rings (SSSR count). The number of carbonyl (C=O) groups is 2. The molecule has 4 heteroatoms. The molecule has 0 amide bonds. The third-order valence-electron chi connectivity index (χ3n) is 4.86. The van der Waals surface area contributed by atoms with Gasteiger partial charge in [-0.2, -0.15) is 0 Å². The van der Waals surface area contributed by atoms with E-state index in [0.717, 1.165) is 44.2 Å². The average molecular weight is 307 g/mol. The van der Waals surface area contributed by atoms with Gasteiger partial charge in [0.2, 0.25) is 0 Å². The summed E-state index contributed by atoms with van der Waals surface area (Å²) < 4.78 is 4.96. The smallest absolute Gasteiger partial charge is 0.323 e. The van der Waals surface area contributed by atoms with Crippen molar-refractivity contribution in [2.75, 3.05) is 20.2 Å². The molecule has 2 aliphatic rings. The van der Waals surface area contributed by atoms with E-state index < -0.39 is 0 Å². The summed E-state index contributed by atoms with van der Waals surface area (Å²) in [5.41, 5.74) is 2.25. The second kappa shape index (κ2) is 7.40. The van der Waals surface area contributed by atoms with E-state index in [9.17, 15) is 9.59 Å².